The maximum atomic E-state index is 12.0. The Bertz CT molecular complexity index is 655. The number of amides is 1. The van der Waals surface area contributed by atoms with Crippen LogP contribution in [0.5, 0.6) is 5.75 Å². The first kappa shape index (κ1) is 15.1. The molecule has 21 heavy (non-hydrogen) atoms. The SMILES string of the molecule is COc1ccc2cc(CONC(=O)C(F)(F)F)ccc2c1. The van der Waals surface area contributed by atoms with Gasteiger partial charge in [-0.2, -0.15) is 13.2 Å². The van der Waals surface area contributed by atoms with E-state index in [0.29, 0.717) is 11.3 Å². The van der Waals surface area contributed by atoms with Gasteiger partial charge in [0.2, 0.25) is 0 Å². The smallest absolute Gasteiger partial charge is 0.473 e. The summed E-state index contributed by atoms with van der Waals surface area (Å²) in [6.07, 6.45) is -4.96. The Balaban J connectivity index is 2.02. The fourth-order valence-electron chi connectivity index (χ4n) is 1.73. The third-order valence-electron chi connectivity index (χ3n) is 2.77. The van der Waals surface area contributed by atoms with Gasteiger partial charge >= 0.3 is 12.1 Å². The van der Waals surface area contributed by atoms with Gasteiger partial charge in [0.1, 0.15) is 5.75 Å². The number of ether oxygens (including phenoxy) is 1. The first-order chi connectivity index (χ1) is 9.90. The molecule has 112 valence electrons. The van der Waals surface area contributed by atoms with Gasteiger partial charge in [0.15, 0.2) is 0 Å². The Morgan fingerprint density at radius 1 is 1.14 bits per heavy atom. The number of hydroxylamine groups is 1. The minimum Gasteiger partial charge on any atom is -0.497 e. The molecule has 1 N–H and O–H groups in total. The van der Waals surface area contributed by atoms with E-state index in [1.807, 2.05) is 12.1 Å². The first-order valence-corrected chi connectivity index (χ1v) is 5.96. The van der Waals surface area contributed by atoms with Crippen molar-refractivity contribution in [1.82, 2.24) is 5.48 Å². The van der Waals surface area contributed by atoms with E-state index in [4.69, 9.17) is 4.74 Å². The van der Waals surface area contributed by atoms with Crippen LogP contribution in [0.1, 0.15) is 5.56 Å². The number of halogens is 3. The normalized spacial score (nSPS) is 11.4. The lowest BCUT2D eigenvalue weighted by Gasteiger charge is -2.09. The van der Waals surface area contributed by atoms with Gasteiger partial charge in [-0.05, 0) is 34.5 Å². The van der Waals surface area contributed by atoms with Crippen LogP contribution >= 0.6 is 0 Å². The summed E-state index contributed by atoms with van der Waals surface area (Å²) in [5, 5.41) is 1.82. The van der Waals surface area contributed by atoms with Crippen LogP contribution in [0.15, 0.2) is 36.4 Å². The molecule has 0 bridgehead atoms. The van der Waals surface area contributed by atoms with Gasteiger partial charge in [-0.3, -0.25) is 9.63 Å². The molecule has 0 saturated heterocycles. The topological polar surface area (TPSA) is 47.6 Å². The fourth-order valence-corrected chi connectivity index (χ4v) is 1.73. The van der Waals surface area contributed by atoms with Crippen molar-refractivity contribution in [2.24, 2.45) is 0 Å². The van der Waals surface area contributed by atoms with Gasteiger partial charge in [-0.15, -0.1) is 0 Å². The summed E-state index contributed by atoms with van der Waals surface area (Å²) in [5.74, 6) is -1.42. The zero-order chi connectivity index (χ0) is 15.5. The van der Waals surface area contributed by atoms with Gasteiger partial charge in [-0.1, -0.05) is 18.2 Å². The van der Waals surface area contributed by atoms with Crippen molar-refractivity contribution in [3.05, 3.63) is 42.0 Å². The third-order valence-corrected chi connectivity index (χ3v) is 2.77. The zero-order valence-electron chi connectivity index (χ0n) is 11.0. The number of fused-ring (bicyclic) bond motifs is 1. The second kappa shape index (κ2) is 6.01. The second-order valence-electron chi connectivity index (χ2n) is 4.27. The van der Waals surface area contributed by atoms with Crippen molar-refractivity contribution in [3.8, 4) is 5.75 Å². The van der Waals surface area contributed by atoms with E-state index in [2.05, 4.69) is 4.84 Å². The van der Waals surface area contributed by atoms with Gasteiger partial charge in [-0.25, -0.2) is 5.48 Å². The Hall–Kier alpha value is -2.28. The Labute approximate surface area is 118 Å². The molecule has 2 aromatic rings. The molecule has 0 radical (unpaired) electrons. The minimum atomic E-state index is -4.96. The molecule has 0 spiro atoms. The van der Waals surface area contributed by atoms with Crippen LogP contribution in [0.25, 0.3) is 10.8 Å². The van der Waals surface area contributed by atoms with Gasteiger partial charge in [0.25, 0.3) is 0 Å². The molecule has 0 heterocycles. The molecule has 2 rings (SSSR count). The molecular formula is C14H12F3NO3. The number of nitrogens with one attached hydrogen (secondary N) is 1. The van der Waals surface area contributed by atoms with E-state index in [1.54, 1.807) is 31.4 Å². The standard InChI is InChI=1S/C14H12F3NO3/c1-20-12-5-4-10-6-9(2-3-11(10)7-12)8-21-18-13(19)14(15,16)17/h2-7H,8H2,1H3,(H,18,19). The molecule has 7 heteroatoms. The van der Waals surface area contributed by atoms with E-state index in [0.717, 1.165) is 10.8 Å². The number of alkyl halides is 3. The van der Waals surface area contributed by atoms with Gasteiger partial charge in [0.05, 0.1) is 13.7 Å². The molecule has 0 aliphatic rings. The van der Waals surface area contributed by atoms with Crippen molar-refractivity contribution < 1.29 is 27.5 Å². The third kappa shape index (κ3) is 3.85. The number of methoxy groups -OCH3 is 1. The van der Waals surface area contributed by atoms with Crippen molar-refractivity contribution in [2.45, 2.75) is 12.8 Å². The van der Waals surface area contributed by atoms with E-state index in [9.17, 15) is 18.0 Å². The lowest BCUT2D eigenvalue weighted by molar-refractivity contribution is -0.186. The van der Waals surface area contributed by atoms with Crippen LogP contribution in [0.2, 0.25) is 0 Å². The Kier molecular flexibility index (Phi) is 4.32. The van der Waals surface area contributed by atoms with Crippen LogP contribution in [0, 0.1) is 0 Å². The van der Waals surface area contributed by atoms with Crippen LogP contribution in [-0.2, 0) is 16.2 Å². The van der Waals surface area contributed by atoms with Crippen LogP contribution in [-0.4, -0.2) is 19.2 Å². The molecule has 1 amide bonds. The fraction of sp³-hybridized carbons (Fsp3) is 0.214. The van der Waals surface area contributed by atoms with Gasteiger partial charge in [0, 0.05) is 0 Å². The quantitative estimate of drug-likeness (QED) is 0.883. The first-order valence-electron chi connectivity index (χ1n) is 5.96. The largest absolute Gasteiger partial charge is 0.497 e. The number of carbonyl (C=O) groups excluding carboxylic acids is 1. The Morgan fingerprint density at radius 3 is 2.48 bits per heavy atom. The summed E-state index contributed by atoms with van der Waals surface area (Å²) < 4.78 is 40.9. The van der Waals surface area contributed by atoms with Crippen LogP contribution < -0.4 is 10.2 Å². The van der Waals surface area contributed by atoms with Gasteiger partial charge < -0.3 is 4.74 Å². The molecule has 0 atom stereocenters. The summed E-state index contributed by atoms with van der Waals surface area (Å²) in [6.45, 7) is -0.163. The van der Waals surface area contributed by atoms with E-state index in [1.165, 1.54) is 5.48 Å². The molecule has 0 aliphatic carbocycles. The molecule has 0 fully saturated rings. The lowest BCUT2D eigenvalue weighted by atomic mass is 10.1. The van der Waals surface area contributed by atoms with Crippen LogP contribution in [0.4, 0.5) is 13.2 Å². The number of rotatable bonds is 4. The minimum absolute atomic E-state index is 0.163. The summed E-state index contributed by atoms with van der Waals surface area (Å²) in [7, 11) is 1.56. The van der Waals surface area contributed by atoms with E-state index in [-0.39, 0.29) is 6.61 Å². The second-order valence-corrected chi connectivity index (χ2v) is 4.27. The molecule has 2 aromatic carbocycles. The average molecular weight is 299 g/mol. The number of benzene rings is 2. The number of carbonyl (C=O) groups is 1. The highest BCUT2D eigenvalue weighted by Gasteiger charge is 2.39. The number of hydrogen-bond acceptors (Lipinski definition) is 3. The zero-order valence-corrected chi connectivity index (χ0v) is 11.0. The summed E-state index contributed by atoms with van der Waals surface area (Å²) >= 11 is 0. The molecule has 0 saturated carbocycles. The molecule has 0 unspecified atom stereocenters. The van der Waals surface area contributed by atoms with Crippen molar-refractivity contribution in [1.29, 1.82) is 0 Å². The summed E-state index contributed by atoms with van der Waals surface area (Å²) in [6, 6.07) is 10.7. The molecular weight excluding hydrogens is 287 g/mol. The van der Waals surface area contributed by atoms with Crippen LogP contribution in [0.3, 0.4) is 0 Å². The predicted molar refractivity (Wildman–Crippen MR) is 69.5 cm³/mol. The van der Waals surface area contributed by atoms with E-state index < -0.39 is 12.1 Å². The average Bonchev–Trinajstić information content (AvgIpc) is 2.45. The molecule has 4 nitrogen and oxygen atoms in total. The monoisotopic (exact) mass is 299 g/mol. The van der Waals surface area contributed by atoms with Crippen molar-refractivity contribution in [3.63, 3.8) is 0 Å². The summed E-state index contributed by atoms with van der Waals surface area (Å²) in [4.78, 5) is 15.1. The highest BCUT2D eigenvalue weighted by Crippen LogP contribution is 2.22. The maximum Gasteiger partial charge on any atom is 0.473 e. The van der Waals surface area contributed by atoms with Crippen molar-refractivity contribution >= 4 is 16.7 Å². The summed E-state index contributed by atoms with van der Waals surface area (Å²) in [5.41, 5.74) is 1.99. The van der Waals surface area contributed by atoms with E-state index >= 15 is 0 Å². The highest BCUT2D eigenvalue weighted by molar-refractivity contribution is 5.84. The maximum absolute atomic E-state index is 12.0. The molecule has 0 aliphatic heterocycles. The highest BCUT2D eigenvalue weighted by atomic mass is 19.4. The predicted octanol–water partition coefficient (Wildman–Crippen LogP) is 2.96. The van der Waals surface area contributed by atoms with Crippen molar-refractivity contribution in [2.75, 3.05) is 7.11 Å². The lowest BCUT2D eigenvalue weighted by Crippen LogP contribution is -2.36. The molecule has 0 aromatic heterocycles. The number of hydrogen-bond donors (Lipinski definition) is 1. The Morgan fingerprint density at radius 2 is 1.81 bits per heavy atom.